The average Bonchev–Trinajstić information content (AvgIpc) is 2.90. The van der Waals surface area contributed by atoms with Gasteiger partial charge in [0, 0.05) is 5.56 Å². The molecule has 2 heterocycles. The molecule has 0 saturated carbocycles. The summed E-state index contributed by atoms with van der Waals surface area (Å²) in [4.78, 5) is 7.28. The van der Waals surface area contributed by atoms with Crippen molar-refractivity contribution in [2.24, 2.45) is 0 Å². The van der Waals surface area contributed by atoms with Crippen LogP contribution in [0.25, 0.3) is 11.3 Å². The molecule has 4 nitrogen and oxygen atoms in total. The molecule has 1 fully saturated rings. The minimum absolute atomic E-state index is 0.296. The van der Waals surface area contributed by atoms with E-state index < -0.39 is 5.60 Å². The quantitative estimate of drug-likeness (QED) is 0.772. The summed E-state index contributed by atoms with van der Waals surface area (Å²) in [5.41, 5.74) is 0.133. The Bertz CT molecular complexity index is 576. The number of aliphatic hydroxyl groups is 1. The Morgan fingerprint density at radius 3 is 2.68 bits per heavy atom. The van der Waals surface area contributed by atoms with Crippen molar-refractivity contribution in [2.45, 2.75) is 18.4 Å². The lowest BCUT2D eigenvalue weighted by atomic mass is 9.92. The first-order chi connectivity index (χ1) is 9.19. The van der Waals surface area contributed by atoms with Crippen molar-refractivity contribution < 1.29 is 9.50 Å². The molecule has 1 aromatic heterocycles. The minimum Gasteiger partial charge on any atom is -0.382 e. The van der Waals surface area contributed by atoms with E-state index >= 15 is 0 Å². The lowest BCUT2D eigenvalue weighted by Crippen LogP contribution is -2.40. The molecule has 1 aliphatic heterocycles. The van der Waals surface area contributed by atoms with Gasteiger partial charge in [0.15, 0.2) is 0 Å². The molecule has 0 aliphatic carbocycles. The third-order valence-corrected chi connectivity index (χ3v) is 3.61. The van der Waals surface area contributed by atoms with E-state index in [1.165, 1.54) is 6.07 Å². The van der Waals surface area contributed by atoms with E-state index in [0.29, 0.717) is 29.9 Å². The number of hydrogen-bond donors (Lipinski definition) is 3. The van der Waals surface area contributed by atoms with Gasteiger partial charge in [0.25, 0.3) is 0 Å². The van der Waals surface area contributed by atoms with Gasteiger partial charge in [-0.05, 0) is 38.1 Å². The van der Waals surface area contributed by atoms with Crippen LogP contribution in [0.5, 0.6) is 0 Å². The third kappa shape index (κ3) is 2.27. The van der Waals surface area contributed by atoms with Gasteiger partial charge in [0.1, 0.15) is 17.2 Å². The maximum absolute atomic E-state index is 13.7. The summed E-state index contributed by atoms with van der Waals surface area (Å²) in [6.07, 6.45) is 2.79. The van der Waals surface area contributed by atoms with Gasteiger partial charge in [0.2, 0.25) is 0 Å². The van der Waals surface area contributed by atoms with Crippen LogP contribution in [0.1, 0.15) is 18.7 Å². The highest BCUT2D eigenvalue weighted by atomic mass is 19.1. The molecule has 1 saturated heterocycles. The first-order valence-corrected chi connectivity index (χ1v) is 6.42. The van der Waals surface area contributed by atoms with Gasteiger partial charge < -0.3 is 15.4 Å². The Morgan fingerprint density at radius 2 is 1.95 bits per heavy atom. The number of imidazole rings is 1. The molecule has 0 bridgehead atoms. The molecule has 0 atom stereocenters. The van der Waals surface area contributed by atoms with E-state index in [4.69, 9.17) is 0 Å². The van der Waals surface area contributed by atoms with Crippen molar-refractivity contribution in [1.29, 1.82) is 0 Å². The van der Waals surface area contributed by atoms with Crippen molar-refractivity contribution in [1.82, 2.24) is 15.3 Å². The molecule has 1 aromatic carbocycles. The average molecular weight is 261 g/mol. The minimum atomic E-state index is -0.936. The number of halogens is 1. The molecule has 19 heavy (non-hydrogen) atoms. The Balaban J connectivity index is 1.93. The number of rotatable bonds is 2. The highest BCUT2D eigenvalue weighted by Crippen LogP contribution is 2.30. The molecule has 0 unspecified atom stereocenters. The molecule has 3 N–H and O–H groups in total. The molecule has 5 heteroatoms. The standard InChI is InChI=1S/C14H16FN3O/c15-11-4-2-1-3-10(11)12-9-17-13(18-12)14(19)5-7-16-8-6-14/h1-4,9,16,19H,5-8H2,(H,17,18). The van der Waals surface area contributed by atoms with E-state index in [0.717, 1.165) is 13.1 Å². The molecular weight excluding hydrogens is 245 g/mol. The van der Waals surface area contributed by atoms with E-state index in [2.05, 4.69) is 15.3 Å². The van der Waals surface area contributed by atoms with Crippen LogP contribution in [0.15, 0.2) is 30.5 Å². The maximum Gasteiger partial charge on any atom is 0.138 e. The number of nitrogens with one attached hydrogen (secondary N) is 2. The first-order valence-electron chi connectivity index (χ1n) is 6.42. The fourth-order valence-corrected chi connectivity index (χ4v) is 2.45. The highest BCUT2D eigenvalue weighted by molar-refractivity contribution is 5.59. The summed E-state index contributed by atoms with van der Waals surface area (Å²) in [6, 6.07) is 6.53. The monoisotopic (exact) mass is 261 g/mol. The van der Waals surface area contributed by atoms with Crippen molar-refractivity contribution in [2.75, 3.05) is 13.1 Å². The Labute approximate surface area is 110 Å². The van der Waals surface area contributed by atoms with Crippen molar-refractivity contribution in [3.05, 3.63) is 42.1 Å². The zero-order valence-electron chi connectivity index (χ0n) is 10.5. The molecule has 0 spiro atoms. The second kappa shape index (κ2) is 4.75. The summed E-state index contributed by atoms with van der Waals surface area (Å²) < 4.78 is 13.7. The number of benzene rings is 1. The SMILES string of the molecule is OC1(c2ncc(-c3ccccc3F)[nH]2)CCNCC1. The Hall–Kier alpha value is -1.72. The zero-order chi connectivity index (χ0) is 13.3. The van der Waals surface area contributed by atoms with Crippen molar-refractivity contribution in [3.8, 4) is 11.3 Å². The normalized spacial score (nSPS) is 18.4. The summed E-state index contributed by atoms with van der Waals surface area (Å²) >= 11 is 0. The van der Waals surface area contributed by atoms with E-state index in [-0.39, 0.29) is 5.82 Å². The van der Waals surface area contributed by atoms with Crippen LogP contribution in [-0.4, -0.2) is 28.2 Å². The van der Waals surface area contributed by atoms with Crippen molar-refractivity contribution >= 4 is 0 Å². The molecule has 0 amide bonds. The summed E-state index contributed by atoms with van der Waals surface area (Å²) in [7, 11) is 0. The number of hydrogen-bond acceptors (Lipinski definition) is 3. The molecule has 2 aromatic rings. The summed E-state index contributed by atoms with van der Waals surface area (Å²) in [5, 5.41) is 13.7. The summed E-state index contributed by atoms with van der Waals surface area (Å²) in [5.74, 6) is 0.224. The number of H-pyrrole nitrogens is 1. The zero-order valence-corrected chi connectivity index (χ0v) is 10.5. The fraction of sp³-hybridized carbons (Fsp3) is 0.357. The van der Waals surface area contributed by atoms with Gasteiger partial charge in [-0.1, -0.05) is 12.1 Å². The second-order valence-corrected chi connectivity index (χ2v) is 4.91. The van der Waals surface area contributed by atoms with Gasteiger partial charge in [0.05, 0.1) is 11.9 Å². The smallest absolute Gasteiger partial charge is 0.138 e. The summed E-state index contributed by atoms with van der Waals surface area (Å²) in [6.45, 7) is 1.51. The number of aromatic nitrogens is 2. The molecule has 0 radical (unpaired) electrons. The highest BCUT2D eigenvalue weighted by Gasteiger charge is 2.34. The van der Waals surface area contributed by atoms with Crippen LogP contribution in [0.4, 0.5) is 4.39 Å². The molecule has 100 valence electrons. The molecule has 1 aliphatic rings. The first kappa shape index (κ1) is 12.3. The van der Waals surface area contributed by atoms with Gasteiger partial charge in [-0.15, -0.1) is 0 Å². The van der Waals surface area contributed by atoms with Crippen LogP contribution in [-0.2, 0) is 5.60 Å². The van der Waals surface area contributed by atoms with Crippen LogP contribution >= 0.6 is 0 Å². The van der Waals surface area contributed by atoms with Crippen LogP contribution in [0, 0.1) is 5.82 Å². The van der Waals surface area contributed by atoms with Gasteiger partial charge in [-0.3, -0.25) is 0 Å². The van der Waals surface area contributed by atoms with Crippen molar-refractivity contribution in [3.63, 3.8) is 0 Å². The predicted molar refractivity (Wildman–Crippen MR) is 70.0 cm³/mol. The second-order valence-electron chi connectivity index (χ2n) is 4.91. The number of piperidine rings is 1. The van der Waals surface area contributed by atoms with Gasteiger partial charge >= 0.3 is 0 Å². The van der Waals surface area contributed by atoms with E-state index in [1.54, 1.807) is 24.4 Å². The number of nitrogens with zero attached hydrogens (tertiary/aromatic N) is 1. The Kier molecular flexibility index (Phi) is 3.08. The largest absolute Gasteiger partial charge is 0.382 e. The molecular formula is C14H16FN3O. The topological polar surface area (TPSA) is 60.9 Å². The van der Waals surface area contributed by atoms with E-state index in [9.17, 15) is 9.50 Å². The number of aromatic amines is 1. The van der Waals surface area contributed by atoms with Crippen LogP contribution < -0.4 is 5.32 Å². The predicted octanol–water partition coefficient (Wildman–Crippen LogP) is 1.79. The lowest BCUT2D eigenvalue weighted by Gasteiger charge is -2.30. The third-order valence-electron chi connectivity index (χ3n) is 3.61. The van der Waals surface area contributed by atoms with E-state index in [1.807, 2.05) is 0 Å². The van der Waals surface area contributed by atoms with Gasteiger partial charge in [-0.2, -0.15) is 0 Å². The Morgan fingerprint density at radius 1 is 1.21 bits per heavy atom. The molecule has 3 rings (SSSR count). The van der Waals surface area contributed by atoms with Crippen LogP contribution in [0.2, 0.25) is 0 Å². The van der Waals surface area contributed by atoms with Crippen LogP contribution in [0.3, 0.4) is 0 Å². The fourth-order valence-electron chi connectivity index (χ4n) is 2.45. The maximum atomic E-state index is 13.7. The van der Waals surface area contributed by atoms with Gasteiger partial charge in [-0.25, -0.2) is 9.37 Å². The lowest BCUT2D eigenvalue weighted by molar-refractivity contribution is -0.00169.